The summed E-state index contributed by atoms with van der Waals surface area (Å²) in [7, 11) is 0. The zero-order chi connectivity index (χ0) is 13.2. The van der Waals surface area contributed by atoms with Crippen molar-refractivity contribution < 1.29 is 0 Å². The fourth-order valence-electron chi connectivity index (χ4n) is 2.72. The summed E-state index contributed by atoms with van der Waals surface area (Å²) in [6.07, 6.45) is 1.13. The van der Waals surface area contributed by atoms with Gasteiger partial charge in [-0.05, 0) is 48.2 Å². The first-order valence-corrected chi connectivity index (χ1v) is 6.60. The van der Waals surface area contributed by atoms with Crippen LogP contribution in [0.25, 0.3) is 0 Å². The van der Waals surface area contributed by atoms with E-state index in [9.17, 15) is 0 Å². The Kier molecular flexibility index (Phi) is 2.97. The summed E-state index contributed by atoms with van der Waals surface area (Å²) in [5.41, 5.74) is 6.03. The minimum atomic E-state index is 0.739. The first kappa shape index (κ1) is 11.8. The average Bonchev–Trinajstić information content (AvgIpc) is 2.84. The highest BCUT2D eigenvalue weighted by atomic mass is 15.1. The van der Waals surface area contributed by atoms with Crippen molar-refractivity contribution in [1.82, 2.24) is 0 Å². The molecule has 0 spiro atoms. The van der Waals surface area contributed by atoms with Gasteiger partial charge in [0, 0.05) is 18.8 Å². The lowest BCUT2D eigenvalue weighted by Crippen LogP contribution is -2.20. The summed E-state index contributed by atoms with van der Waals surface area (Å²) in [5, 5.41) is 8.91. The lowest BCUT2D eigenvalue weighted by Gasteiger charge is -2.20. The van der Waals surface area contributed by atoms with Crippen molar-refractivity contribution >= 4 is 5.69 Å². The molecular weight excluding hydrogens is 232 g/mol. The first-order chi connectivity index (χ1) is 9.28. The summed E-state index contributed by atoms with van der Waals surface area (Å²) in [5.74, 6) is 0. The number of nitriles is 1. The summed E-state index contributed by atoms with van der Waals surface area (Å²) in [4.78, 5) is 2.42. The highest BCUT2D eigenvalue weighted by Gasteiger charge is 2.18. The van der Waals surface area contributed by atoms with E-state index in [1.165, 1.54) is 22.4 Å². The predicted octanol–water partition coefficient (Wildman–Crippen LogP) is 3.43. The molecule has 1 heterocycles. The molecular formula is C17H16N2. The van der Waals surface area contributed by atoms with E-state index in [1.54, 1.807) is 0 Å². The van der Waals surface area contributed by atoms with Gasteiger partial charge >= 0.3 is 0 Å². The van der Waals surface area contributed by atoms with E-state index in [0.29, 0.717) is 0 Å². The first-order valence-electron chi connectivity index (χ1n) is 6.60. The lowest BCUT2D eigenvalue weighted by molar-refractivity contribution is 0.831. The molecule has 0 N–H and O–H groups in total. The van der Waals surface area contributed by atoms with Crippen LogP contribution in [0.5, 0.6) is 0 Å². The molecule has 94 valence electrons. The molecule has 0 saturated carbocycles. The highest BCUT2D eigenvalue weighted by Crippen LogP contribution is 2.29. The third kappa shape index (κ3) is 2.20. The van der Waals surface area contributed by atoms with E-state index in [2.05, 4.69) is 48.2 Å². The number of fused-ring (bicyclic) bond motifs is 1. The van der Waals surface area contributed by atoms with Crippen LogP contribution in [0.4, 0.5) is 5.69 Å². The van der Waals surface area contributed by atoms with Crippen LogP contribution in [-0.2, 0) is 13.0 Å². The third-order valence-electron chi connectivity index (χ3n) is 3.82. The number of rotatable bonds is 2. The molecule has 0 aromatic heterocycles. The minimum Gasteiger partial charge on any atom is -0.367 e. The second-order valence-electron chi connectivity index (χ2n) is 5.05. The Labute approximate surface area is 113 Å². The summed E-state index contributed by atoms with van der Waals surface area (Å²) >= 11 is 0. The van der Waals surface area contributed by atoms with E-state index in [0.717, 1.165) is 25.1 Å². The molecule has 0 fully saturated rings. The van der Waals surface area contributed by atoms with Gasteiger partial charge in [-0.1, -0.05) is 24.3 Å². The van der Waals surface area contributed by atoms with Crippen LogP contribution in [0.3, 0.4) is 0 Å². The predicted molar refractivity (Wildman–Crippen MR) is 77.1 cm³/mol. The molecule has 0 radical (unpaired) electrons. The quantitative estimate of drug-likeness (QED) is 0.814. The van der Waals surface area contributed by atoms with Gasteiger partial charge in [-0.2, -0.15) is 5.26 Å². The molecule has 0 saturated heterocycles. The van der Waals surface area contributed by atoms with E-state index in [-0.39, 0.29) is 0 Å². The second-order valence-corrected chi connectivity index (χ2v) is 5.05. The van der Waals surface area contributed by atoms with Crippen molar-refractivity contribution in [1.29, 1.82) is 5.26 Å². The van der Waals surface area contributed by atoms with Crippen LogP contribution in [0.2, 0.25) is 0 Å². The van der Waals surface area contributed by atoms with Gasteiger partial charge in [0.25, 0.3) is 0 Å². The number of hydrogen-bond donors (Lipinski definition) is 0. The SMILES string of the molecule is Cc1cc(C#N)ccc1CN1CCc2ccccc21. The molecule has 2 aromatic rings. The van der Waals surface area contributed by atoms with E-state index in [1.807, 2.05) is 12.1 Å². The van der Waals surface area contributed by atoms with Crippen molar-refractivity contribution in [3.8, 4) is 6.07 Å². The van der Waals surface area contributed by atoms with Crippen molar-refractivity contribution in [2.45, 2.75) is 19.9 Å². The normalized spacial score (nSPS) is 13.2. The standard InChI is InChI=1S/C17H16N2/c1-13-10-14(11-18)6-7-16(13)12-19-9-8-15-4-2-3-5-17(15)19/h2-7,10H,8-9,12H2,1H3. The van der Waals surface area contributed by atoms with Crippen LogP contribution < -0.4 is 4.90 Å². The number of nitrogens with zero attached hydrogens (tertiary/aromatic N) is 2. The summed E-state index contributed by atoms with van der Waals surface area (Å²) in [6, 6.07) is 16.8. The molecule has 19 heavy (non-hydrogen) atoms. The summed E-state index contributed by atoms with van der Waals surface area (Å²) in [6.45, 7) is 4.09. The second kappa shape index (κ2) is 4.78. The zero-order valence-corrected chi connectivity index (χ0v) is 11.1. The number of anilines is 1. The zero-order valence-electron chi connectivity index (χ0n) is 11.1. The van der Waals surface area contributed by atoms with Crippen molar-refractivity contribution in [2.75, 3.05) is 11.4 Å². The highest BCUT2D eigenvalue weighted by molar-refractivity contribution is 5.58. The molecule has 3 rings (SSSR count). The molecule has 0 atom stereocenters. The van der Waals surface area contributed by atoms with E-state index in [4.69, 9.17) is 5.26 Å². The average molecular weight is 248 g/mol. The van der Waals surface area contributed by atoms with Crippen molar-refractivity contribution in [2.24, 2.45) is 0 Å². The molecule has 0 unspecified atom stereocenters. The van der Waals surface area contributed by atoms with Crippen LogP contribution in [0, 0.1) is 18.3 Å². The number of aryl methyl sites for hydroxylation is 1. The van der Waals surface area contributed by atoms with Gasteiger partial charge in [-0.25, -0.2) is 0 Å². The fourth-order valence-corrected chi connectivity index (χ4v) is 2.72. The Bertz CT molecular complexity index is 653. The van der Waals surface area contributed by atoms with Crippen LogP contribution >= 0.6 is 0 Å². The smallest absolute Gasteiger partial charge is 0.0991 e. The fraction of sp³-hybridized carbons (Fsp3) is 0.235. The number of hydrogen-bond acceptors (Lipinski definition) is 2. The topological polar surface area (TPSA) is 27.0 Å². The number of benzene rings is 2. The van der Waals surface area contributed by atoms with Crippen LogP contribution in [0.15, 0.2) is 42.5 Å². The summed E-state index contributed by atoms with van der Waals surface area (Å²) < 4.78 is 0. The monoisotopic (exact) mass is 248 g/mol. The maximum atomic E-state index is 8.91. The molecule has 0 amide bonds. The lowest BCUT2D eigenvalue weighted by atomic mass is 10.1. The molecule has 2 heteroatoms. The van der Waals surface area contributed by atoms with Crippen LogP contribution in [0.1, 0.15) is 22.3 Å². The Hall–Kier alpha value is -2.27. The minimum absolute atomic E-state index is 0.739. The maximum Gasteiger partial charge on any atom is 0.0991 e. The van der Waals surface area contributed by atoms with Gasteiger partial charge in [-0.15, -0.1) is 0 Å². The van der Waals surface area contributed by atoms with Gasteiger partial charge in [0.2, 0.25) is 0 Å². The van der Waals surface area contributed by atoms with Gasteiger partial charge in [0.15, 0.2) is 0 Å². The largest absolute Gasteiger partial charge is 0.367 e. The molecule has 0 bridgehead atoms. The molecule has 2 nitrogen and oxygen atoms in total. The molecule has 2 aromatic carbocycles. The maximum absolute atomic E-state index is 8.91. The Morgan fingerprint density at radius 3 is 2.84 bits per heavy atom. The van der Waals surface area contributed by atoms with Gasteiger partial charge in [0.1, 0.15) is 0 Å². The van der Waals surface area contributed by atoms with Crippen molar-refractivity contribution in [3.63, 3.8) is 0 Å². The molecule has 0 aliphatic carbocycles. The van der Waals surface area contributed by atoms with Crippen LogP contribution in [-0.4, -0.2) is 6.54 Å². The molecule has 1 aliphatic rings. The van der Waals surface area contributed by atoms with Gasteiger partial charge < -0.3 is 4.90 Å². The van der Waals surface area contributed by atoms with Gasteiger partial charge in [-0.3, -0.25) is 0 Å². The Morgan fingerprint density at radius 2 is 2.05 bits per heavy atom. The third-order valence-corrected chi connectivity index (χ3v) is 3.82. The number of para-hydroxylation sites is 1. The molecule has 1 aliphatic heterocycles. The van der Waals surface area contributed by atoms with Crippen molar-refractivity contribution in [3.05, 3.63) is 64.7 Å². The van der Waals surface area contributed by atoms with Gasteiger partial charge in [0.05, 0.1) is 11.6 Å². The van der Waals surface area contributed by atoms with E-state index >= 15 is 0 Å². The Morgan fingerprint density at radius 1 is 1.21 bits per heavy atom. The van der Waals surface area contributed by atoms with E-state index < -0.39 is 0 Å². The Balaban J connectivity index is 1.86.